The third-order valence-electron chi connectivity index (χ3n) is 9.61. The third-order valence-corrected chi connectivity index (χ3v) is 9.61. The van der Waals surface area contributed by atoms with E-state index in [0.717, 1.165) is 17.1 Å². The fourth-order valence-corrected chi connectivity index (χ4v) is 7.33. The van der Waals surface area contributed by atoms with E-state index in [4.69, 9.17) is 0 Å². The van der Waals surface area contributed by atoms with Crippen LogP contribution in [0.5, 0.6) is 0 Å². The summed E-state index contributed by atoms with van der Waals surface area (Å²) >= 11 is 0. The number of hydrogen-bond donors (Lipinski definition) is 0. The van der Waals surface area contributed by atoms with Gasteiger partial charge in [-0.3, -0.25) is 0 Å². The average molecular weight is 624 g/mol. The first-order valence-electron chi connectivity index (χ1n) is 16.9. The molecule has 0 amide bonds. The van der Waals surface area contributed by atoms with Gasteiger partial charge in [0.1, 0.15) is 0 Å². The van der Waals surface area contributed by atoms with Gasteiger partial charge in [-0.15, -0.1) is 0 Å². The van der Waals surface area contributed by atoms with Crippen LogP contribution in [-0.2, 0) is 0 Å². The molecule has 0 N–H and O–H groups in total. The van der Waals surface area contributed by atoms with E-state index in [-0.39, 0.29) is 0 Å². The molecular weight excluding hydrogens is 591 g/mol. The molecule has 0 aliphatic rings. The van der Waals surface area contributed by atoms with E-state index in [2.05, 4.69) is 205 Å². The zero-order chi connectivity index (χ0) is 32.6. The van der Waals surface area contributed by atoms with Crippen LogP contribution >= 0.6 is 0 Å². The van der Waals surface area contributed by atoms with Gasteiger partial charge in [0.2, 0.25) is 0 Å². The van der Waals surface area contributed by atoms with Crippen LogP contribution in [0.2, 0.25) is 0 Å². The van der Waals surface area contributed by atoms with Crippen LogP contribution in [0.1, 0.15) is 0 Å². The van der Waals surface area contributed by atoms with Gasteiger partial charge in [-0.1, -0.05) is 158 Å². The van der Waals surface area contributed by atoms with Crippen LogP contribution in [0, 0.1) is 0 Å². The van der Waals surface area contributed by atoms with Crippen molar-refractivity contribution in [3.8, 4) is 33.4 Å². The van der Waals surface area contributed by atoms with E-state index in [9.17, 15) is 0 Å². The van der Waals surface area contributed by atoms with Crippen molar-refractivity contribution in [2.45, 2.75) is 0 Å². The molecule has 0 aliphatic heterocycles. The first-order chi connectivity index (χ1) is 24.3. The minimum Gasteiger partial charge on any atom is -0.310 e. The van der Waals surface area contributed by atoms with E-state index >= 15 is 0 Å². The standard InChI is InChI=1S/C48H33N/c1-4-15-36(16-5-1)47-43-22-12-13-23-44(43)48(37-17-6-2-7-18-37)46-33-39(27-31-45(46)47)35-24-28-41(29-25-35)49(40-20-8-3-9-21-40)42-30-26-34-14-10-11-19-38(34)32-42/h1-33H. The number of benzene rings is 9. The highest BCUT2D eigenvalue weighted by atomic mass is 15.1. The molecule has 0 spiro atoms. The van der Waals surface area contributed by atoms with Crippen molar-refractivity contribution in [1.82, 2.24) is 0 Å². The molecule has 9 aromatic carbocycles. The zero-order valence-corrected chi connectivity index (χ0v) is 27.0. The van der Waals surface area contributed by atoms with Crippen molar-refractivity contribution < 1.29 is 0 Å². The fourth-order valence-electron chi connectivity index (χ4n) is 7.33. The second kappa shape index (κ2) is 12.3. The topological polar surface area (TPSA) is 3.24 Å². The van der Waals surface area contributed by atoms with Crippen molar-refractivity contribution in [3.63, 3.8) is 0 Å². The van der Waals surface area contributed by atoms with Crippen molar-refractivity contribution in [3.05, 3.63) is 200 Å². The maximum absolute atomic E-state index is 2.39. The Bertz CT molecular complexity index is 2570. The monoisotopic (exact) mass is 623 g/mol. The van der Waals surface area contributed by atoms with E-state index in [1.807, 2.05) is 0 Å². The summed E-state index contributed by atoms with van der Waals surface area (Å²) in [6, 6.07) is 72.4. The van der Waals surface area contributed by atoms with Gasteiger partial charge in [-0.05, 0) is 108 Å². The van der Waals surface area contributed by atoms with Crippen LogP contribution in [-0.4, -0.2) is 0 Å². The molecule has 0 saturated heterocycles. The van der Waals surface area contributed by atoms with Crippen LogP contribution in [0.25, 0.3) is 65.7 Å². The Balaban J connectivity index is 1.21. The van der Waals surface area contributed by atoms with Crippen LogP contribution in [0.4, 0.5) is 17.1 Å². The molecule has 0 heterocycles. The molecule has 9 aromatic rings. The van der Waals surface area contributed by atoms with Crippen LogP contribution < -0.4 is 4.90 Å². The van der Waals surface area contributed by atoms with Gasteiger partial charge in [0.05, 0.1) is 0 Å². The summed E-state index contributed by atoms with van der Waals surface area (Å²) in [7, 11) is 0. The average Bonchev–Trinajstić information content (AvgIpc) is 3.18. The quantitative estimate of drug-likeness (QED) is 0.167. The number of hydrogen-bond acceptors (Lipinski definition) is 1. The summed E-state index contributed by atoms with van der Waals surface area (Å²) in [5.41, 5.74) is 10.8. The Hall–Kier alpha value is -6.44. The lowest BCUT2D eigenvalue weighted by Gasteiger charge is -2.26. The van der Waals surface area contributed by atoms with Gasteiger partial charge in [-0.25, -0.2) is 0 Å². The molecule has 1 heteroatoms. The number of anilines is 3. The molecule has 0 unspecified atom stereocenters. The first kappa shape index (κ1) is 28.8. The lowest BCUT2D eigenvalue weighted by atomic mass is 9.85. The number of fused-ring (bicyclic) bond motifs is 3. The lowest BCUT2D eigenvalue weighted by Crippen LogP contribution is -2.09. The maximum Gasteiger partial charge on any atom is 0.0468 e. The zero-order valence-electron chi connectivity index (χ0n) is 27.0. The first-order valence-corrected chi connectivity index (χ1v) is 16.9. The molecule has 0 aromatic heterocycles. The van der Waals surface area contributed by atoms with E-state index in [1.54, 1.807) is 0 Å². The van der Waals surface area contributed by atoms with Crippen molar-refractivity contribution in [1.29, 1.82) is 0 Å². The second-order valence-corrected chi connectivity index (χ2v) is 12.5. The third kappa shape index (κ3) is 5.23. The van der Waals surface area contributed by atoms with E-state index < -0.39 is 0 Å². The SMILES string of the molecule is c1ccc(-c2c3ccccc3c(-c3ccccc3)c3cc(-c4ccc(N(c5ccccc5)c5ccc6ccccc6c5)cc4)ccc23)cc1. The molecule has 0 saturated carbocycles. The Morgan fingerprint density at radius 1 is 0.245 bits per heavy atom. The summed E-state index contributed by atoms with van der Waals surface area (Å²) in [5, 5.41) is 7.52. The van der Waals surface area contributed by atoms with Crippen molar-refractivity contribution in [2.75, 3.05) is 4.90 Å². The Morgan fingerprint density at radius 3 is 1.37 bits per heavy atom. The molecule has 230 valence electrons. The van der Waals surface area contributed by atoms with Crippen molar-refractivity contribution >= 4 is 49.4 Å². The highest BCUT2D eigenvalue weighted by Gasteiger charge is 2.18. The van der Waals surface area contributed by atoms with Crippen molar-refractivity contribution in [2.24, 2.45) is 0 Å². The minimum absolute atomic E-state index is 1.12. The maximum atomic E-state index is 2.39. The molecular formula is C48H33N. The predicted octanol–water partition coefficient (Wildman–Crippen LogP) is 13.6. The van der Waals surface area contributed by atoms with Gasteiger partial charge in [0, 0.05) is 17.1 Å². The molecule has 9 rings (SSSR count). The number of nitrogens with zero attached hydrogens (tertiary/aromatic N) is 1. The number of rotatable bonds is 6. The lowest BCUT2D eigenvalue weighted by molar-refractivity contribution is 1.29. The van der Waals surface area contributed by atoms with E-state index in [1.165, 1.54) is 65.7 Å². The van der Waals surface area contributed by atoms with Gasteiger partial charge < -0.3 is 4.90 Å². The minimum atomic E-state index is 1.12. The molecule has 0 bridgehead atoms. The molecule has 0 fully saturated rings. The highest BCUT2D eigenvalue weighted by molar-refractivity contribution is 6.22. The normalized spacial score (nSPS) is 11.3. The van der Waals surface area contributed by atoms with Gasteiger partial charge >= 0.3 is 0 Å². The molecule has 1 nitrogen and oxygen atoms in total. The Morgan fingerprint density at radius 2 is 0.714 bits per heavy atom. The number of para-hydroxylation sites is 1. The van der Waals surface area contributed by atoms with E-state index in [0.29, 0.717) is 0 Å². The summed E-state index contributed by atoms with van der Waals surface area (Å²) < 4.78 is 0. The summed E-state index contributed by atoms with van der Waals surface area (Å²) in [6.07, 6.45) is 0. The second-order valence-electron chi connectivity index (χ2n) is 12.5. The Kier molecular flexibility index (Phi) is 7.22. The largest absolute Gasteiger partial charge is 0.310 e. The van der Waals surface area contributed by atoms with Gasteiger partial charge in [0.15, 0.2) is 0 Å². The predicted molar refractivity (Wildman–Crippen MR) is 210 cm³/mol. The van der Waals surface area contributed by atoms with Gasteiger partial charge in [0.25, 0.3) is 0 Å². The summed E-state index contributed by atoms with van der Waals surface area (Å²) in [5.74, 6) is 0. The molecule has 49 heavy (non-hydrogen) atoms. The summed E-state index contributed by atoms with van der Waals surface area (Å²) in [4.78, 5) is 2.34. The van der Waals surface area contributed by atoms with Gasteiger partial charge in [-0.2, -0.15) is 0 Å². The molecule has 0 atom stereocenters. The van der Waals surface area contributed by atoms with Crippen LogP contribution in [0.3, 0.4) is 0 Å². The molecule has 0 radical (unpaired) electrons. The fraction of sp³-hybridized carbons (Fsp3) is 0. The molecule has 0 aliphatic carbocycles. The smallest absolute Gasteiger partial charge is 0.0468 e. The Labute approximate surface area is 287 Å². The highest BCUT2D eigenvalue weighted by Crippen LogP contribution is 2.45. The van der Waals surface area contributed by atoms with Crippen LogP contribution in [0.15, 0.2) is 200 Å². The summed E-state index contributed by atoms with van der Waals surface area (Å²) in [6.45, 7) is 0.